The molecule has 6 nitrogen and oxygen atoms in total. The highest BCUT2D eigenvalue weighted by Gasteiger charge is 2.38. The van der Waals surface area contributed by atoms with E-state index < -0.39 is 11.9 Å². The number of carboxylic acids is 1. The molecule has 1 aliphatic heterocycles. The highest BCUT2D eigenvalue weighted by molar-refractivity contribution is 5.77. The smallest absolute Gasteiger partial charge is 0.317 e. The lowest BCUT2D eigenvalue weighted by Crippen LogP contribution is -2.48. The Hall–Kier alpha value is -1.30. The molecular formula is C10H18N2O4. The summed E-state index contributed by atoms with van der Waals surface area (Å²) in [7, 11) is 1.60. The van der Waals surface area contributed by atoms with Crippen molar-refractivity contribution >= 4 is 12.0 Å². The molecular weight excluding hydrogens is 212 g/mol. The van der Waals surface area contributed by atoms with Crippen LogP contribution in [0.1, 0.15) is 13.3 Å². The molecule has 2 atom stereocenters. The van der Waals surface area contributed by atoms with Crippen LogP contribution in [0.25, 0.3) is 0 Å². The normalized spacial score (nSPS) is 24.1. The van der Waals surface area contributed by atoms with E-state index in [1.807, 2.05) is 6.92 Å². The molecule has 2 N–H and O–H groups in total. The first-order chi connectivity index (χ1) is 7.57. The minimum atomic E-state index is -0.919. The molecule has 6 heteroatoms. The van der Waals surface area contributed by atoms with Crippen LogP contribution >= 0.6 is 0 Å². The molecule has 0 aromatic heterocycles. The third kappa shape index (κ3) is 2.85. The molecule has 1 rings (SSSR count). The van der Waals surface area contributed by atoms with Gasteiger partial charge in [0, 0.05) is 13.6 Å². The second-order valence-electron chi connectivity index (χ2n) is 3.89. The Morgan fingerprint density at radius 2 is 2.19 bits per heavy atom. The Morgan fingerprint density at radius 1 is 1.50 bits per heavy atom. The van der Waals surface area contributed by atoms with Gasteiger partial charge in [0.05, 0.1) is 19.3 Å². The minimum absolute atomic E-state index is 0.172. The first kappa shape index (κ1) is 12.8. The van der Waals surface area contributed by atoms with Crippen LogP contribution in [0.3, 0.4) is 0 Å². The quantitative estimate of drug-likeness (QED) is 0.720. The van der Waals surface area contributed by atoms with Gasteiger partial charge in [0.25, 0.3) is 0 Å². The summed E-state index contributed by atoms with van der Waals surface area (Å²) in [5.41, 5.74) is 0. The van der Waals surface area contributed by atoms with Crippen LogP contribution in [-0.2, 0) is 9.53 Å². The molecule has 1 saturated heterocycles. The van der Waals surface area contributed by atoms with Crippen molar-refractivity contribution in [2.45, 2.75) is 19.4 Å². The van der Waals surface area contributed by atoms with E-state index in [0.717, 1.165) is 6.42 Å². The van der Waals surface area contributed by atoms with Gasteiger partial charge in [-0.3, -0.25) is 4.79 Å². The van der Waals surface area contributed by atoms with Crippen LogP contribution in [0.2, 0.25) is 0 Å². The second-order valence-corrected chi connectivity index (χ2v) is 3.89. The fourth-order valence-corrected chi connectivity index (χ4v) is 1.67. The van der Waals surface area contributed by atoms with Gasteiger partial charge in [0.15, 0.2) is 0 Å². The number of nitrogens with one attached hydrogen (secondary N) is 1. The van der Waals surface area contributed by atoms with Gasteiger partial charge in [-0.05, 0) is 6.42 Å². The van der Waals surface area contributed by atoms with Gasteiger partial charge in [0.2, 0.25) is 0 Å². The number of nitrogens with zero attached hydrogens (tertiary/aromatic N) is 1. The van der Waals surface area contributed by atoms with E-state index in [0.29, 0.717) is 6.54 Å². The fourth-order valence-electron chi connectivity index (χ4n) is 1.67. The van der Waals surface area contributed by atoms with Gasteiger partial charge in [-0.15, -0.1) is 0 Å². The van der Waals surface area contributed by atoms with Crippen molar-refractivity contribution in [3.05, 3.63) is 0 Å². The molecule has 2 unspecified atom stereocenters. The maximum absolute atomic E-state index is 11.6. The number of hydrogen-bond donors (Lipinski definition) is 2. The summed E-state index contributed by atoms with van der Waals surface area (Å²) < 4.78 is 5.10. The van der Waals surface area contributed by atoms with Crippen molar-refractivity contribution in [3.8, 4) is 0 Å². The number of carbonyl (C=O) groups excluding carboxylic acids is 1. The van der Waals surface area contributed by atoms with Gasteiger partial charge < -0.3 is 20.1 Å². The zero-order valence-electron chi connectivity index (χ0n) is 9.60. The molecule has 2 amide bonds. The fraction of sp³-hybridized carbons (Fsp3) is 0.800. The van der Waals surface area contributed by atoms with Gasteiger partial charge in [-0.1, -0.05) is 6.92 Å². The van der Waals surface area contributed by atoms with E-state index in [1.165, 1.54) is 4.90 Å². The number of rotatable bonds is 4. The van der Waals surface area contributed by atoms with E-state index in [4.69, 9.17) is 9.84 Å². The standard InChI is InChI=1S/C10H18N2O4/c1-3-4-11-10(15)12(2)8-6-16-5-7(8)9(13)14/h7-8H,3-6H2,1-2H3,(H,11,15)(H,13,14). The summed E-state index contributed by atoms with van der Waals surface area (Å²) in [4.78, 5) is 24.0. The van der Waals surface area contributed by atoms with Crippen LogP contribution in [-0.4, -0.2) is 54.9 Å². The Morgan fingerprint density at radius 3 is 2.75 bits per heavy atom. The van der Waals surface area contributed by atoms with Crippen molar-refractivity contribution in [3.63, 3.8) is 0 Å². The molecule has 0 spiro atoms. The molecule has 0 aromatic carbocycles. The Kier molecular flexibility index (Phi) is 4.54. The summed E-state index contributed by atoms with van der Waals surface area (Å²) in [6.07, 6.45) is 0.850. The van der Waals surface area contributed by atoms with Crippen LogP contribution in [0.15, 0.2) is 0 Å². The molecule has 0 aliphatic carbocycles. The Balaban J connectivity index is 2.55. The van der Waals surface area contributed by atoms with E-state index in [9.17, 15) is 9.59 Å². The first-order valence-corrected chi connectivity index (χ1v) is 5.39. The molecule has 0 bridgehead atoms. The number of amides is 2. The van der Waals surface area contributed by atoms with Gasteiger partial charge in [-0.2, -0.15) is 0 Å². The zero-order valence-corrected chi connectivity index (χ0v) is 9.60. The third-order valence-electron chi connectivity index (χ3n) is 2.71. The predicted octanol–water partition coefficient (Wildman–Crippen LogP) is 0.137. The lowest BCUT2D eigenvalue weighted by molar-refractivity contribution is -0.142. The van der Waals surface area contributed by atoms with Gasteiger partial charge >= 0.3 is 12.0 Å². The van der Waals surface area contributed by atoms with Gasteiger partial charge in [-0.25, -0.2) is 4.79 Å². The molecule has 0 saturated carbocycles. The average Bonchev–Trinajstić information content (AvgIpc) is 2.73. The third-order valence-corrected chi connectivity index (χ3v) is 2.71. The number of likely N-dealkylation sites (N-methyl/N-ethyl adjacent to an activating group) is 1. The molecule has 0 aromatic rings. The van der Waals surface area contributed by atoms with E-state index in [-0.39, 0.29) is 25.3 Å². The zero-order chi connectivity index (χ0) is 12.1. The number of ether oxygens (including phenoxy) is 1. The molecule has 1 fully saturated rings. The van der Waals surface area contributed by atoms with Crippen LogP contribution in [0.4, 0.5) is 4.79 Å². The number of urea groups is 1. The molecule has 16 heavy (non-hydrogen) atoms. The number of carbonyl (C=O) groups is 2. The van der Waals surface area contributed by atoms with Crippen LogP contribution in [0.5, 0.6) is 0 Å². The minimum Gasteiger partial charge on any atom is -0.481 e. The van der Waals surface area contributed by atoms with Crippen molar-refractivity contribution in [1.82, 2.24) is 10.2 Å². The first-order valence-electron chi connectivity index (χ1n) is 5.39. The predicted molar refractivity (Wildman–Crippen MR) is 57.2 cm³/mol. The highest BCUT2D eigenvalue weighted by atomic mass is 16.5. The molecule has 92 valence electrons. The maximum atomic E-state index is 11.6. The van der Waals surface area contributed by atoms with Crippen LogP contribution < -0.4 is 5.32 Å². The second kappa shape index (κ2) is 5.69. The van der Waals surface area contributed by atoms with E-state index >= 15 is 0 Å². The van der Waals surface area contributed by atoms with Crippen molar-refractivity contribution in [1.29, 1.82) is 0 Å². The maximum Gasteiger partial charge on any atom is 0.317 e. The highest BCUT2D eigenvalue weighted by Crippen LogP contribution is 2.18. The summed E-state index contributed by atoms with van der Waals surface area (Å²) in [5.74, 6) is -1.55. The average molecular weight is 230 g/mol. The van der Waals surface area contributed by atoms with Gasteiger partial charge in [0.1, 0.15) is 5.92 Å². The Bertz CT molecular complexity index is 270. The van der Waals surface area contributed by atoms with Crippen molar-refractivity contribution < 1.29 is 19.4 Å². The number of carboxylic acid groups (broad SMARTS) is 1. The monoisotopic (exact) mass is 230 g/mol. The molecule has 0 radical (unpaired) electrons. The molecule has 1 heterocycles. The van der Waals surface area contributed by atoms with Crippen LogP contribution in [0, 0.1) is 5.92 Å². The van der Waals surface area contributed by atoms with Crippen molar-refractivity contribution in [2.75, 3.05) is 26.8 Å². The number of hydrogen-bond acceptors (Lipinski definition) is 3. The van der Waals surface area contributed by atoms with E-state index in [2.05, 4.69) is 5.32 Å². The SMILES string of the molecule is CCCNC(=O)N(C)C1COCC1C(=O)O. The molecule has 1 aliphatic rings. The summed E-state index contributed by atoms with van der Waals surface area (Å²) in [6, 6.07) is -0.627. The van der Waals surface area contributed by atoms with E-state index in [1.54, 1.807) is 7.05 Å². The lowest BCUT2D eigenvalue weighted by Gasteiger charge is -2.26. The largest absolute Gasteiger partial charge is 0.481 e. The van der Waals surface area contributed by atoms with Crippen molar-refractivity contribution in [2.24, 2.45) is 5.92 Å². The summed E-state index contributed by atoms with van der Waals surface area (Å²) in [6.45, 7) is 3.01. The summed E-state index contributed by atoms with van der Waals surface area (Å²) >= 11 is 0. The number of aliphatic carboxylic acids is 1. The Labute approximate surface area is 94.6 Å². The topological polar surface area (TPSA) is 78.9 Å². The summed E-state index contributed by atoms with van der Waals surface area (Å²) in [5, 5.41) is 11.7. The lowest BCUT2D eigenvalue weighted by atomic mass is 10.0.